The molecule has 1 aromatic rings. The second-order valence-electron chi connectivity index (χ2n) is 2.45. The van der Waals surface area contributed by atoms with Crippen LogP contribution in [0.3, 0.4) is 0 Å². The third-order valence-corrected chi connectivity index (χ3v) is 1.60. The topological polar surface area (TPSA) is 29.5 Å². The maximum Gasteiger partial charge on any atom is 0.322 e. The standard InChI is InChI=1S/C7H10B2O2/c8-7(10)5-1-3-6(11-9)4-2-5/h1-4,7,10H,8-9H2. The number of hydrogen-bond acceptors (Lipinski definition) is 2. The minimum absolute atomic E-state index is 0.402. The molecule has 0 saturated heterocycles. The predicted octanol–water partition coefficient (Wildman–Crippen LogP) is -0.762. The molecule has 0 bridgehead atoms. The Balaban J connectivity index is 2.83. The predicted molar refractivity (Wildman–Crippen MR) is 49.1 cm³/mol. The Bertz CT molecular complexity index is 220. The van der Waals surface area contributed by atoms with E-state index in [0.29, 0.717) is 0 Å². The molecule has 0 aromatic heterocycles. The van der Waals surface area contributed by atoms with Gasteiger partial charge in [0.15, 0.2) is 0 Å². The summed E-state index contributed by atoms with van der Waals surface area (Å²) in [4.78, 5) is 0. The molecule has 0 amide bonds. The van der Waals surface area contributed by atoms with Gasteiger partial charge in [-0.1, -0.05) is 12.1 Å². The van der Waals surface area contributed by atoms with Gasteiger partial charge in [-0.05, 0) is 17.7 Å². The summed E-state index contributed by atoms with van der Waals surface area (Å²) in [7, 11) is 3.36. The molecule has 11 heavy (non-hydrogen) atoms. The summed E-state index contributed by atoms with van der Waals surface area (Å²) >= 11 is 0. The fourth-order valence-corrected chi connectivity index (χ4v) is 0.882. The molecule has 1 aromatic carbocycles. The molecule has 1 unspecified atom stereocenters. The lowest BCUT2D eigenvalue weighted by Gasteiger charge is -2.05. The highest BCUT2D eigenvalue weighted by Gasteiger charge is 1.98. The average Bonchev–Trinajstić information content (AvgIpc) is 2.05. The highest BCUT2D eigenvalue weighted by molar-refractivity contribution is 6.11. The van der Waals surface area contributed by atoms with Crippen molar-refractivity contribution in [3.8, 4) is 5.75 Å². The van der Waals surface area contributed by atoms with Crippen LogP contribution in [-0.4, -0.2) is 21.0 Å². The van der Waals surface area contributed by atoms with Crippen molar-refractivity contribution >= 4 is 15.9 Å². The van der Waals surface area contributed by atoms with Crippen LogP contribution < -0.4 is 4.65 Å². The van der Waals surface area contributed by atoms with Gasteiger partial charge < -0.3 is 9.76 Å². The number of benzene rings is 1. The Morgan fingerprint density at radius 2 is 1.82 bits per heavy atom. The van der Waals surface area contributed by atoms with Gasteiger partial charge in [0.1, 0.15) is 7.85 Å². The Kier molecular flexibility index (Phi) is 2.60. The highest BCUT2D eigenvalue weighted by Crippen LogP contribution is 2.14. The number of rotatable bonds is 2. The van der Waals surface area contributed by atoms with Crippen molar-refractivity contribution in [1.82, 2.24) is 0 Å². The van der Waals surface area contributed by atoms with Gasteiger partial charge in [-0.15, -0.1) is 0 Å². The molecule has 56 valence electrons. The quantitative estimate of drug-likeness (QED) is 0.558. The molecule has 0 fully saturated rings. The second-order valence-corrected chi connectivity index (χ2v) is 2.45. The molecule has 1 rings (SSSR count). The molecule has 0 aliphatic rings. The van der Waals surface area contributed by atoms with E-state index in [-0.39, 0.29) is 0 Å². The van der Waals surface area contributed by atoms with Crippen LogP contribution in [0.2, 0.25) is 0 Å². The molecule has 1 atom stereocenters. The van der Waals surface area contributed by atoms with E-state index < -0.39 is 6.00 Å². The third-order valence-electron chi connectivity index (χ3n) is 1.60. The molecule has 0 heterocycles. The zero-order chi connectivity index (χ0) is 8.27. The lowest BCUT2D eigenvalue weighted by atomic mass is 9.92. The maximum absolute atomic E-state index is 9.15. The van der Waals surface area contributed by atoms with E-state index in [1.165, 1.54) is 0 Å². The van der Waals surface area contributed by atoms with Gasteiger partial charge in [-0.25, -0.2) is 0 Å². The van der Waals surface area contributed by atoms with Crippen LogP contribution in [0.4, 0.5) is 0 Å². The van der Waals surface area contributed by atoms with Crippen LogP contribution in [0, 0.1) is 0 Å². The Labute approximate surface area is 68.0 Å². The monoisotopic (exact) mass is 148 g/mol. The summed E-state index contributed by atoms with van der Waals surface area (Å²) < 4.78 is 4.97. The van der Waals surface area contributed by atoms with Gasteiger partial charge in [-0.3, -0.25) is 0 Å². The summed E-state index contributed by atoms with van der Waals surface area (Å²) in [5.41, 5.74) is 0.908. The average molecular weight is 148 g/mol. The first-order valence-corrected chi connectivity index (χ1v) is 3.56. The van der Waals surface area contributed by atoms with Crippen molar-refractivity contribution in [3.05, 3.63) is 29.8 Å². The van der Waals surface area contributed by atoms with Crippen LogP contribution in [-0.2, 0) is 0 Å². The maximum atomic E-state index is 9.15. The molecule has 1 N–H and O–H groups in total. The van der Waals surface area contributed by atoms with E-state index in [1.54, 1.807) is 15.9 Å². The van der Waals surface area contributed by atoms with Crippen LogP contribution in [0.15, 0.2) is 24.3 Å². The van der Waals surface area contributed by atoms with E-state index in [2.05, 4.69) is 0 Å². The normalized spacial score (nSPS) is 12.5. The van der Waals surface area contributed by atoms with Crippen LogP contribution in [0.5, 0.6) is 5.75 Å². The minimum Gasteiger partial charge on any atom is -0.568 e. The zero-order valence-corrected chi connectivity index (χ0v) is 6.74. The van der Waals surface area contributed by atoms with Crippen LogP contribution >= 0.6 is 0 Å². The van der Waals surface area contributed by atoms with Crippen LogP contribution in [0.1, 0.15) is 11.6 Å². The van der Waals surface area contributed by atoms with Gasteiger partial charge in [0, 0.05) is 6.00 Å². The van der Waals surface area contributed by atoms with E-state index >= 15 is 0 Å². The molecular weight excluding hydrogens is 138 g/mol. The van der Waals surface area contributed by atoms with Gasteiger partial charge >= 0.3 is 8.05 Å². The second kappa shape index (κ2) is 3.49. The summed E-state index contributed by atoms with van der Waals surface area (Å²) in [5, 5.41) is 9.15. The van der Waals surface area contributed by atoms with E-state index in [0.717, 1.165) is 11.3 Å². The first kappa shape index (κ1) is 8.21. The lowest BCUT2D eigenvalue weighted by molar-refractivity contribution is 0.262. The largest absolute Gasteiger partial charge is 0.568 e. The van der Waals surface area contributed by atoms with Crippen molar-refractivity contribution in [2.24, 2.45) is 0 Å². The summed E-state index contributed by atoms with van der Waals surface area (Å²) in [6.07, 6.45) is 0. The van der Waals surface area contributed by atoms with E-state index in [1.807, 2.05) is 24.3 Å². The van der Waals surface area contributed by atoms with Crippen molar-refractivity contribution in [1.29, 1.82) is 0 Å². The Morgan fingerprint density at radius 1 is 1.27 bits per heavy atom. The van der Waals surface area contributed by atoms with Gasteiger partial charge in [0.05, 0.1) is 5.75 Å². The van der Waals surface area contributed by atoms with Crippen molar-refractivity contribution < 1.29 is 9.76 Å². The highest BCUT2D eigenvalue weighted by atomic mass is 16.4. The molecular formula is C7H10B2O2. The smallest absolute Gasteiger partial charge is 0.322 e. The molecule has 0 saturated carbocycles. The Hall–Kier alpha value is -0.890. The van der Waals surface area contributed by atoms with Crippen molar-refractivity contribution in [3.63, 3.8) is 0 Å². The molecule has 0 aliphatic carbocycles. The van der Waals surface area contributed by atoms with Gasteiger partial charge in [-0.2, -0.15) is 0 Å². The third kappa shape index (κ3) is 2.02. The van der Waals surface area contributed by atoms with E-state index in [9.17, 15) is 0 Å². The molecule has 0 spiro atoms. The van der Waals surface area contributed by atoms with Gasteiger partial charge in [0.2, 0.25) is 0 Å². The lowest BCUT2D eigenvalue weighted by Crippen LogP contribution is -1.95. The van der Waals surface area contributed by atoms with Crippen molar-refractivity contribution in [2.75, 3.05) is 0 Å². The van der Waals surface area contributed by atoms with E-state index in [4.69, 9.17) is 9.76 Å². The number of hydrogen-bond donors (Lipinski definition) is 1. The van der Waals surface area contributed by atoms with Crippen LogP contribution in [0.25, 0.3) is 0 Å². The molecule has 2 nitrogen and oxygen atoms in total. The SMILES string of the molecule is BOc1ccc(C(B)O)cc1. The molecule has 0 radical (unpaired) electrons. The van der Waals surface area contributed by atoms with Gasteiger partial charge in [0.25, 0.3) is 0 Å². The fourth-order valence-electron chi connectivity index (χ4n) is 0.882. The summed E-state index contributed by atoms with van der Waals surface area (Å²) in [6, 6.07) is 6.97. The number of aliphatic hydroxyl groups excluding tert-OH is 1. The first-order valence-electron chi connectivity index (χ1n) is 3.56. The summed E-state index contributed by atoms with van der Waals surface area (Å²) in [5.74, 6) is 0.814. The first-order chi connectivity index (χ1) is 5.24. The minimum atomic E-state index is -0.402. The number of aliphatic hydroxyl groups is 1. The zero-order valence-electron chi connectivity index (χ0n) is 6.74. The molecule has 4 heteroatoms. The fraction of sp³-hybridized carbons (Fsp3) is 0.143. The van der Waals surface area contributed by atoms with Crippen molar-refractivity contribution in [2.45, 2.75) is 6.00 Å². The Morgan fingerprint density at radius 3 is 2.18 bits per heavy atom. The summed E-state index contributed by atoms with van der Waals surface area (Å²) in [6.45, 7) is 0. The molecule has 0 aliphatic heterocycles.